The van der Waals surface area contributed by atoms with Gasteiger partial charge in [-0.3, -0.25) is 9.80 Å². The van der Waals surface area contributed by atoms with Crippen molar-refractivity contribution in [1.29, 1.82) is 0 Å². The lowest BCUT2D eigenvalue weighted by Gasteiger charge is -2.40. The maximum absolute atomic E-state index is 10.9. The summed E-state index contributed by atoms with van der Waals surface area (Å²) in [6.45, 7) is 6.38. The molecular weight excluding hydrogens is 268 g/mol. The number of carboxylic acid groups (broad SMARTS) is 1. The molecule has 21 heavy (non-hydrogen) atoms. The molecule has 5 heteroatoms. The smallest absolute Gasteiger partial charge is 0.371 e. The number of hydrogen-bond donors (Lipinski definition) is 1. The zero-order valence-corrected chi connectivity index (χ0v) is 12.6. The highest BCUT2D eigenvalue weighted by Crippen LogP contribution is 2.27. The monoisotopic (exact) mass is 292 g/mol. The normalized spacial score (nSPS) is 23.5. The molecule has 2 fully saturated rings. The van der Waals surface area contributed by atoms with Crippen LogP contribution in [-0.4, -0.2) is 53.1 Å². The van der Waals surface area contributed by atoms with E-state index in [0.717, 1.165) is 38.0 Å². The first-order valence-corrected chi connectivity index (χ1v) is 7.96. The summed E-state index contributed by atoms with van der Waals surface area (Å²) >= 11 is 0. The highest BCUT2D eigenvalue weighted by Gasteiger charge is 2.29. The minimum absolute atomic E-state index is 0.0291. The average molecular weight is 292 g/mol. The number of nitrogens with zero attached hydrogens (tertiary/aromatic N) is 2. The van der Waals surface area contributed by atoms with Crippen LogP contribution in [0, 0.1) is 0 Å². The SMILES string of the molecule is CC(c1ccc(C(=O)O)o1)N1CCN(C2CCCC2)CC1. The lowest BCUT2D eigenvalue weighted by Crippen LogP contribution is -2.50. The van der Waals surface area contributed by atoms with E-state index in [-0.39, 0.29) is 11.8 Å². The highest BCUT2D eigenvalue weighted by molar-refractivity contribution is 5.84. The van der Waals surface area contributed by atoms with E-state index in [1.54, 1.807) is 12.1 Å². The zero-order chi connectivity index (χ0) is 14.8. The Balaban J connectivity index is 1.56. The van der Waals surface area contributed by atoms with E-state index in [0.29, 0.717) is 0 Å². The zero-order valence-electron chi connectivity index (χ0n) is 12.6. The topological polar surface area (TPSA) is 56.9 Å². The molecule has 1 saturated carbocycles. The number of carbonyl (C=O) groups is 1. The molecule has 1 aliphatic heterocycles. The van der Waals surface area contributed by atoms with Crippen molar-refractivity contribution in [2.75, 3.05) is 26.2 Å². The van der Waals surface area contributed by atoms with Crippen molar-refractivity contribution in [3.8, 4) is 0 Å². The van der Waals surface area contributed by atoms with E-state index in [2.05, 4.69) is 16.7 Å². The van der Waals surface area contributed by atoms with Crippen LogP contribution in [0.4, 0.5) is 0 Å². The van der Waals surface area contributed by atoms with Crippen LogP contribution < -0.4 is 0 Å². The van der Waals surface area contributed by atoms with E-state index in [9.17, 15) is 4.79 Å². The van der Waals surface area contributed by atoms with Gasteiger partial charge in [-0.15, -0.1) is 0 Å². The molecule has 116 valence electrons. The van der Waals surface area contributed by atoms with E-state index < -0.39 is 5.97 Å². The number of aromatic carboxylic acids is 1. The minimum Gasteiger partial charge on any atom is -0.475 e. The van der Waals surface area contributed by atoms with Gasteiger partial charge in [0.1, 0.15) is 5.76 Å². The van der Waals surface area contributed by atoms with Crippen molar-refractivity contribution in [3.63, 3.8) is 0 Å². The Morgan fingerprint density at radius 3 is 2.48 bits per heavy atom. The van der Waals surface area contributed by atoms with Gasteiger partial charge in [-0.1, -0.05) is 12.8 Å². The maximum Gasteiger partial charge on any atom is 0.371 e. The van der Waals surface area contributed by atoms with Crippen LogP contribution in [0.3, 0.4) is 0 Å². The molecule has 2 heterocycles. The summed E-state index contributed by atoms with van der Waals surface area (Å²) in [5.74, 6) is -0.220. The predicted molar refractivity (Wildman–Crippen MR) is 79.5 cm³/mol. The maximum atomic E-state index is 10.9. The average Bonchev–Trinajstić information content (AvgIpc) is 3.18. The first kappa shape index (κ1) is 14.6. The molecule has 2 aliphatic rings. The van der Waals surface area contributed by atoms with Crippen LogP contribution in [0.1, 0.15) is 55.0 Å². The second kappa shape index (κ2) is 6.20. The van der Waals surface area contributed by atoms with Gasteiger partial charge in [-0.25, -0.2) is 4.79 Å². The van der Waals surface area contributed by atoms with E-state index in [1.807, 2.05) is 0 Å². The molecule has 1 aliphatic carbocycles. The Kier molecular flexibility index (Phi) is 4.31. The van der Waals surface area contributed by atoms with Crippen molar-refractivity contribution in [2.24, 2.45) is 0 Å². The van der Waals surface area contributed by atoms with Crippen molar-refractivity contribution in [3.05, 3.63) is 23.7 Å². The van der Waals surface area contributed by atoms with Gasteiger partial charge in [-0.2, -0.15) is 0 Å². The van der Waals surface area contributed by atoms with Gasteiger partial charge in [-0.05, 0) is 31.9 Å². The van der Waals surface area contributed by atoms with Crippen LogP contribution in [0.15, 0.2) is 16.5 Å². The van der Waals surface area contributed by atoms with Gasteiger partial charge in [0, 0.05) is 32.2 Å². The molecule has 1 aromatic heterocycles. The summed E-state index contributed by atoms with van der Waals surface area (Å²) < 4.78 is 5.43. The fourth-order valence-corrected chi connectivity index (χ4v) is 3.63. The molecule has 5 nitrogen and oxygen atoms in total. The second-order valence-corrected chi connectivity index (χ2v) is 6.19. The first-order valence-electron chi connectivity index (χ1n) is 7.96. The van der Waals surface area contributed by atoms with Crippen molar-refractivity contribution in [2.45, 2.75) is 44.7 Å². The molecule has 0 aromatic carbocycles. The van der Waals surface area contributed by atoms with Crippen LogP contribution in [0.25, 0.3) is 0 Å². The van der Waals surface area contributed by atoms with Gasteiger partial charge >= 0.3 is 5.97 Å². The number of furan rings is 1. The molecular formula is C16H24N2O3. The lowest BCUT2D eigenvalue weighted by atomic mass is 10.1. The molecule has 1 saturated heterocycles. The fourth-order valence-electron chi connectivity index (χ4n) is 3.63. The fraction of sp³-hybridized carbons (Fsp3) is 0.688. The standard InChI is InChI=1S/C16H24N2O3/c1-12(14-6-7-15(21-14)16(19)20)17-8-10-18(11-9-17)13-4-2-3-5-13/h6-7,12-13H,2-5,8-11H2,1H3,(H,19,20). The summed E-state index contributed by atoms with van der Waals surface area (Å²) in [4.78, 5) is 15.9. The Morgan fingerprint density at radius 2 is 1.90 bits per heavy atom. The lowest BCUT2D eigenvalue weighted by molar-refractivity contribution is 0.0616. The summed E-state index contributed by atoms with van der Waals surface area (Å²) in [6.07, 6.45) is 5.47. The third kappa shape index (κ3) is 3.14. The molecule has 1 N–H and O–H groups in total. The number of hydrogen-bond acceptors (Lipinski definition) is 4. The molecule has 0 spiro atoms. The molecule has 1 atom stereocenters. The quantitative estimate of drug-likeness (QED) is 0.924. The largest absolute Gasteiger partial charge is 0.475 e. The van der Waals surface area contributed by atoms with Crippen LogP contribution in [0.5, 0.6) is 0 Å². The molecule has 0 amide bonds. The predicted octanol–water partition coefficient (Wildman–Crippen LogP) is 2.60. The number of carboxylic acids is 1. The minimum atomic E-state index is -1.00. The Morgan fingerprint density at radius 1 is 1.24 bits per heavy atom. The summed E-state index contributed by atoms with van der Waals surface area (Å²) in [6, 6.07) is 4.27. The van der Waals surface area contributed by atoms with E-state index in [1.165, 1.54) is 25.7 Å². The van der Waals surface area contributed by atoms with Crippen LogP contribution >= 0.6 is 0 Å². The van der Waals surface area contributed by atoms with E-state index in [4.69, 9.17) is 9.52 Å². The Hall–Kier alpha value is -1.33. The van der Waals surface area contributed by atoms with Gasteiger partial charge in [0.05, 0.1) is 6.04 Å². The summed E-state index contributed by atoms with van der Waals surface area (Å²) in [7, 11) is 0. The Bertz CT molecular complexity index is 485. The molecule has 1 unspecified atom stereocenters. The van der Waals surface area contributed by atoms with E-state index >= 15 is 0 Å². The number of piperazine rings is 1. The van der Waals surface area contributed by atoms with Crippen molar-refractivity contribution < 1.29 is 14.3 Å². The first-order chi connectivity index (χ1) is 10.1. The summed E-state index contributed by atoms with van der Waals surface area (Å²) in [5.41, 5.74) is 0. The molecule has 3 rings (SSSR count). The third-order valence-electron chi connectivity index (χ3n) is 4.99. The molecule has 0 radical (unpaired) electrons. The van der Waals surface area contributed by atoms with Crippen molar-refractivity contribution >= 4 is 5.97 Å². The summed E-state index contributed by atoms with van der Waals surface area (Å²) in [5, 5.41) is 8.93. The molecule has 1 aromatic rings. The van der Waals surface area contributed by atoms with Gasteiger partial charge in [0.2, 0.25) is 5.76 Å². The van der Waals surface area contributed by atoms with Crippen molar-refractivity contribution in [1.82, 2.24) is 9.80 Å². The second-order valence-electron chi connectivity index (χ2n) is 6.19. The molecule has 0 bridgehead atoms. The van der Waals surface area contributed by atoms with Crippen LogP contribution in [0.2, 0.25) is 0 Å². The third-order valence-corrected chi connectivity index (χ3v) is 4.99. The van der Waals surface area contributed by atoms with Crippen LogP contribution in [-0.2, 0) is 0 Å². The number of rotatable bonds is 4. The van der Waals surface area contributed by atoms with Gasteiger partial charge in [0.25, 0.3) is 0 Å². The van der Waals surface area contributed by atoms with Gasteiger partial charge in [0.15, 0.2) is 0 Å². The highest BCUT2D eigenvalue weighted by atomic mass is 16.4. The van der Waals surface area contributed by atoms with Gasteiger partial charge < -0.3 is 9.52 Å². The Labute approximate surface area is 125 Å².